The third-order valence-corrected chi connectivity index (χ3v) is 5.89. The Labute approximate surface area is 194 Å². The SMILES string of the molecule is Cc1ccc(N)cc1C1(C(=O)O)CC=CC(C)(C(=O)O)C1.NC(=O)Nc1ncnc2[nH]ccc12. The summed E-state index contributed by atoms with van der Waals surface area (Å²) in [6, 6.07) is 6.25. The largest absolute Gasteiger partial charge is 0.481 e. The zero-order valence-corrected chi connectivity index (χ0v) is 18.7. The minimum absolute atomic E-state index is 0.00542. The molecular weight excluding hydrogens is 440 g/mol. The second-order valence-electron chi connectivity index (χ2n) is 8.42. The number of nitrogen functional groups attached to an aromatic ring is 1. The molecule has 8 N–H and O–H groups in total. The van der Waals surface area contributed by atoms with Crippen LogP contribution in [0.1, 0.15) is 30.9 Å². The summed E-state index contributed by atoms with van der Waals surface area (Å²) >= 11 is 0. The molecular formula is C23H26N6O5. The quantitative estimate of drug-likeness (QED) is 0.249. The number of nitrogens with zero attached hydrogens (tertiary/aromatic N) is 2. The van der Waals surface area contributed by atoms with Crippen LogP contribution in [0.15, 0.2) is 48.9 Å². The molecule has 0 aliphatic heterocycles. The summed E-state index contributed by atoms with van der Waals surface area (Å²) in [6.07, 6.45) is 6.56. The molecule has 11 nitrogen and oxygen atoms in total. The highest BCUT2D eigenvalue weighted by Gasteiger charge is 2.50. The van der Waals surface area contributed by atoms with E-state index in [9.17, 15) is 24.6 Å². The second-order valence-corrected chi connectivity index (χ2v) is 8.42. The number of hydrogen-bond acceptors (Lipinski definition) is 6. The first kappa shape index (κ1) is 24.2. The van der Waals surface area contributed by atoms with Gasteiger partial charge in [-0.25, -0.2) is 14.8 Å². The van der Waals surface area contributed by atoms with E-state index in [2.05, 4.69) is 20.3 Å². The number of nitrogens with one attached hydrogen (secondary N) is 2. The first-order chi connectivity index (χ1) is 16.0. The Morgan fingerprint density at radius 1 is 1.15 bits per heavy atom. The highest BCUT2D eigenvalue weighted by atomic mass is 16.4. The van der Waals surface area contributed by atoms with Gasteiger partial charge < -0.3 is 26.7 Å². The average Bonchev–Trinajstić information content (AvgIpc) is 3.25. The Morgan fingerprint density at radius 2 is 1.88 bits per heavy atom. The number of benzene rings is 1. The van der Waals surface area contributed by atoms with Crippen molar-refractivity contribution in [3.8, 4) is 0 Å². The molecule has 4 rings (SSSR count). The number of carboxylic acids is 2. The number of H-pyrrole nitrogens is 1. The number of aromatic amines is 1. The van der Waals surface area contributed by atoms with Crippen molar-refractivity contribution < 1.29 is 24.6 Å². The molecule has 3 aromatic rings. The van der Waals surface area contributed by atoms with Crippen molar-refractivity contribution in [2.75, 3.05) is 11.1 Å². The van der Waals surface area contributed by atoms with Gasteiger partial charge in [-0.15, -0.1) is 0 Å². The number of carbonyl (C=O) groups excluding carboxylic acids is 1. The van der Waals surface area contributed by atoms with Crippen LogP contribution >= 0.6 is 0 Å². The molecule has 2 aromatic heterocycles. The van der Waals surface area contributed by atoms with Crippen molar-refractivity contribution in [3.63, 3.8) is 0 Å². The van der Waals surface area contributed by atoms with Crippen molar-refractivity contribution in [1.29, 1.82) is 0 Å². The van der Waals surface area contributed by atoms with Crippen LogP contribution in [0.3, 0.4) is 0 Å². The van der Waals surface area contributed by atoms with Crippen LogP contribution in [-0.2, 0) is 15.0 Å². The average molecular weight is 466 g/mol. The lowest BCUT2D eigenvalue weighted by atomic mass is 9.62. The van der Waals surface area contributed by atoms with Crippen LogP contribution in [0.4, 0.5) is 16.3 Å². The summed E-state index contributed by atoms with van der Waals surface area (Å²) in [5, 5.41) is 22.4. The minimum Gasteiger partial charge on any atom is -0.481 e. The van der Waals surface area contributed by atoms with Gasteiger partial charge in [0.05, 0.1) is 16.2 Å². The van der Waals surface area contributed by atoms with Crippen molar-refractivity contribution in [3.05, 3.63) is 60.1 Å². The van der Waals surface area contributed by atoms with E-state index >= 15 is 0 Å². The Bertz CT molecular complexity index is 1290. The molecule has 1 aliphatic carbocycles. The number of aliphatic carboxylic acids is 2. The smallest absolute Gasteiger partial charge is 0.317 e. The van der Waals surface area contributed by atoms with Crippen molar-refractivity contribution >= 4 is 40.5 Å². The lowest BCUT2D eigenvalue weighted by Gasteiger charge is -2.39. The van der Waals surface area contributed by atoms with E-state index in [4.69, 9.17) is 11.5 Å². The van der Waals surface area contributed by atoms with Crippen LogP contribution < -0.4 is 16.8 Å². The second kappa shape index (κ2) is 9.22. The van der Waals surface area contributed by atoms with Gasteiger partial charge in [0.2, 0.25) is 0 Å². The fourth-order valence-corrected chi connectivity index (χ4v) is 4.15. The summed E-state index contributed by atoms with van der Waals surface area (Å²) in [6.45, 7) is 3.36. The van der Waals surface area contributed by atoms with Gasteiger partial charge in [0, 0.05) is 11.9 Å². The zero-order chi connectivity index (χ0) is 25.1. The minimum atomic E-state index is -1.26. The molecule has 0 radical (unpaired) electrons. The van der Waals surface area contributed by atoms with Crippen LogP contribution in [0.25, 0.3) is 11.0 Å². The number of hydrogen-bond donors (Lipinski definition) is 6. The van der Waals surface area contributed by atoms with Gasteiger partial charge in [0.15, 0.2) is 0 Å². The number of aryl methyl sites for hydroxylation is 1. The molecule has 0 saturated heterocycles. The Morgan fingerprint density at radius 3 is 2.53 bits per heavy atom. The molecule has 1 aromatic carbocycles. The first-order valence-corrected chi connectivity index (χ1v) is 10.3. The lowest BCUT2D eigenvalue weighted by Crippen LogP contribution is -2.45. The summed E-state index contributed by atoms with van der Waals surface area (Å²) in [7, 11) is 0. The summed E-state index contributed by atoms with van der Waals surface area (Å²) in [5.41, 5.74) is 10.8. The molecule has 11 heteroatoms. The summed E-state index contributed by atoms with van der Waals surface area (Å²) in [4.78, 5) is 44.8. The van der Waals surface area contributed by atoms with E-state index in [1.165, 1.54) is 6.33 Å². The molecule has 0 fully saturated rings. The molecule has 2 atom stereocenters. The summed E-state index contributed by atoms with van der Waals surface area (Å²) in [5.74, 6) is -1.63. The number of carbonyl (C=O) groups is 3. The number of anilines is 2. The monoisotopic (exact) mass is 466 g/mol. The van der Waals surface area contributed by atoms with Crippen molar-refractivity contribution in [1.82, 2.24) is 15.0 Å². The van der Waals surface area contributed by atoms with E-state index in [0.717, 1.165) is 10.9 Å². The molecule has 2 unspecified atom stereocenters. The summed E-state index contributed by atoms with van der Waals surface area (Å²) < 4.78 is 0. The molecule has 2 heterocycles. The van der Waals surface area contributed by atoms with Crippen LogP contribution in [0.2, 0.25) is 0 Å². The number of fused-ring (bicyclic) bond motifs is 1. The number of carboxylic acid groups (broad SMARTS) is 2. The number of nitrogens with two attached hydrogens (primary N) is 2. The molecule has 34 heavy (non-hydrogen) atoms. The number of primary amides is 1. The standard InChI is InChI=1S/C16H19NO4.C7H7N5O/c1-10-4-5-11(17)8-12(10)16(14(20)21)7-3-6-15(2,9-16)13(18)19;8-7(13)12-6-4-1-2-9-5(4)10-3-11-6/h3-6,8H,7,9,17H2,1-2H3,(H,18,19)(H,20,21);1-3H,(H4,8,9,10,11,12,13). The normalized spacial score (nSPS) is 21.4. The maximum atomic E-state index is 12.0. The maximum absolute atomic E-state index is 12.0. The topological polar surface area (TPSA) is 197 Å². The van der Waals surface area contributed by atoms with Gasteiger partial charge in [0.25, 0.3) is 0 Å². The Kier molecular flexibility index (Phi) is 6.57. The molecule has 0 saturated carbocycles. The maximum Gasteiger partial charge on any atom is 0.317 e. The van der Waals surface area contributed by atoms with Gasteiger partial charge in [-0.1, -0.05) is 18.2 Å². The number of amides is 2. The number of aromatic nitrogens is 3. The predicted octanol–water partition coefficient (Wildman–Crippen LogP) is 2.79. The van der Waals surface area contributed by atoms with Crippen LogP contribution in [0.5, 0.6) is 0 Å². The predicted molar refractivity (Wildman–Crippen MR) is 126 cm³/mol. The molecule has 2 amide bonds. The van der Waals surface area contributed by atoms with Crippen molar-refractivity contribution in [2.45, 2.75) is 32.1 Å². The number of allylic oxidation sites excluding steroid dienone is 1. The fraction of sp³-hybridized carbons (Fsp3) is 0.261. The van der Waals surface area contributed by atoms with E-state index in [1.807, 2.05) is 6.92 Å². The Hall–Kier alpha value is -4.41. The first-order valence-electron chi connectivity index (χ1n) is 10.3. The van der Waals surface area contributed by atoms with Crippen molar-refractivity contribution in [2.24, 2.45) is 11.1 Å². The van der Waals surface area contributed by atoms with Gasteiger partial charge in [-0.2, -0.15) is 0 Å². The zero-order valence-electron chi connectivity index (χ0n) is 18.7. The van der Waals surface area contributed by atoms with Gasteiger partial charge >= 0.3 is 18.0 Å². The van der Waals surface area contributed by atoms with Gasteiger partial charge in [0.1, 0.15) is 17.8 Å². The Balaban J connectivity index is 0.000000212. The number of rotatable bonds is 4. The highest BCUT2D eigenvalue weighted by molar-refractivity contribution is 5.96. The molecule has 178 valence electrons. The van der Waals surface area contributed by atoms with Crippen LogP contribution in [0, 0.1) is 12.3 Å². The fourth-order valence-electron chi connectivity index (χ4n) is 4.15. The van der Waals surface area contributed by atoms with E-state index in [-0.39, 0.29) is 12.8 Å². The van der Waals surface area contributed by atoms with E-state index in [1.54, 1.807) is 49.5 Å². The lowest BCUT2D eigenvalue weighted by molar-refractivity contribution is -0.151. The van der Waals surface area contributed by atoms with Crippen LogP contribution in [-0.4, -0.2) is 43.1 Å². The van der Waals surface area contributed by atoms with Gasteiger partial charge in [-0.05, 0) is 56.0 Å². The third kappa shape index (κ3) is 4.68. The number of urea groups is 1. The van der Waals surface area contributed by atoms with E-state index in [0.29, 0.717) is 22.7 Å². The molecule has 0 bridgehead atoms. The molecule has 0 spiro atoms. The van der Waals surface area contributed by atoms with E-state index < -0.39 is 28.8 Å². The third-order valence-electron chi connectivity index (χ3n) is 5.89. The highest BCUT2D eigenvalue weighted by Crippen LogP contribution is 2.46. The molecule has 1 aliphatic rings. The van der Waals surface area contributed by atoms with Gasteiger partial charge in [-0.3, -0.25) is 14.9 Å².